The van der Waals surface area contributed by atoms with Gasteiger partial charge >= 0.3 is 0 Å². The maximum atomic E-state index is 12.8. The molecular formula is C24H29ClN2O2. The average molecular weight is 413 g/mol. The van der Waals surface area contributed by atoms with Crippen molar-refractivity contribution in [2.24, 2.45) is 5.41 Å². The number of halogens is 1. The first-order valence-electron chi connectivity index (χ1n) is 10.2. The van der Waals surface area contributed by atoms with Gasteiger partial charge in [0.25, 0.3) is 5.91 Å². The van der Waals surface area contributed by atoms with Gasteiger partial charge < -0.3 is 5.32 Å². The predicted molar refractivity (Wildman–Crippen MR) is 119 cm³/mol. The van der Waals surface area contributed by atoms with E-state index in [2.05, 4.69) is 22.3 Å². The summed E-state index contributed by atoms with van der Waals surface area (Å²) >= 11 is 0. The van der Waals surface area contributed by atoms with Crippen LogP contribution < -0.4 is 5.32 Å². The molecule has 1 amide bonds. The molecule has 1 N–H and O–H groups in total. The maximum absolute atomic E-state index is 12.8. The van der Waals surface area contributed by atoms with E-state index in [0.717, 1.165) is 18.7 Å². The maximum Gasteiger partial charge on any atom is 0.255 e. The van der Waals surface area contributed by atoms with Crippen LogP contribution in [0.15, 0.2) is 42.5 Å². The van der Waals surface area contributed by atoms with Crippen LogP contribution in [-0.2, 0) is 6.42 Å². The van der Waals surface area contributed by atoms with Crippen molar-refractivity contribution in [3.63, 3.8) is 0 Å². The number of Topliss-reactive ketones (excluding diaryl/α,β-unsaturated/α-hetero) is 1. The molecule has 4 rings (SSSR count). The first-order chi connectivity index (χ1) is 13.3. The van der Waals surface area contributed by atoms with Crippen molar-refractivity contribution >= 4 is 29.8 Å². The monoisotopic (exact) mass is 412 g/mol. The van der Waals surface area contributed by atoms with Crippen LogP contribution in [0.25, 0.3) is 0 Å². The van der Waals surface area contributed by atoms with Crippen molar-refractivity contribution in [1.82, 2.24) is 4.90 Å². The van der Waals surface area contributed by atoms with Gasteiger partial charge in [-0.1, -0.05) is 39.0 Å². The first kappa shape index (κ1) is 21.5. The molecule has 2 aromatic carbocycles. The second-order valence-electron chi connectivity index (χ2n) is 8.97. The number of anilines is 1. The van der Waals surface area contributed by atoms with E-state index in [4.69, 9.17) is 0 Å². The van der Waals surface area contributed by atoms with Crippen LogP contribution in [0.4, 0.5) is 5.69 Å². The summed E-state index contributed by atoms with van der Waals surface area (Å²) in [5.41, 5.74) is 4.20. The Hall–Kier alpha value is -2.17. The minimum absolute atomic E-state index is 0. The van der Waals surface area contributed by atoms with E-state index in [0.29, 0.717) is 17.2 Å². The van der Waals surface area contributed by atoms with Gasteiger partial charge in [0, 0.05) is 34.8 Å². The fourth-order valence-electron chi connectivity index (χ4n) is 4.36. The molecule has 2 aliphatic heterocycles. The molecule has 0 radical (unpaired) electrons. The highest BCUT2D eigenvalue weighted by Gasteiger charge is 2.31. The standard InChI is InChI=1S/C24H28N2O2.ClH/c1-24(2,3)22(27)17-6-4-7-18(14-17)23(28)25-19-10-9-16-11-13-26-12-5-8-21(26)20(16)15-19;/h4,6-7,9-10,14-15,21H,5,8,11-13H2,1-3H3,(H,25,28);1H. The van der Waals surface area contributed by atoms with Crippen LogP contribution in [-0.4, -0.2) is 29.7 Å². The number of carbonyl (C=O) groups is 2. The Bertz CT molecular complexity index is 933. The van der Waals surface area contributed by atoms with Gasteiger partial charge in [0.05, 0.1) is 0 Å². The predicted octanol–water partition coefficient (Wildman–Crippen LogP) is 5.28. The van der Waals surface area contributed by atoms with Gasteiger partial charge in [0.1, 0.15) is 0 Å². The van der Waals surface area contributed by atoms with Crippen LogP contribution in [0, 0.1) is 5.41 Å². The third-order valence-corrected chi connectivity index (χ3v) is 5.86. The number of ketones is 1. The van der Waals surface area contributed by atoms with E-state index in [1.54, 1.807) is 24.3 Å². The Labute approximate surface area is 179 Å². The molecule has 0 spiro atoms. The van der Waals surface area contributed by atoms with Crippen molar-refractivity contribution in [3.05, 3.63) is 64.7 Å². The summed E-state index contributed by atoms with van der Waals surface area (Å²) in [4.78, 5) is 27.9. The molecule has 0 saturated carbocycles. The number of nitrogens with zero attached hydrogens (tertiary/aromatic N) is 1. The summed E-state index contributed by atoms with van der Waals surface area (Å²) in [5.74, 6) is -0.139. The fraction of sp³-hybridized carbons (Fsp3) is 0.417. The number of benzene rings is 2. The molecule has 0 bridgehead atoms. The van der Waals surface area contributed by atoms with Crippen LogP contribution in [0.3, 0.4) is 0 Å². The van der Waals surface area contributed by atoms with Crippen molar-refractivity contribution in [3.8, 4) is 0 Å². The van der Waals surface area contributed by atoms with E-state index in [-0.39, 0.29) is 24.1 Å². The molecule has 29 heavy (non-hydrogen) atoms. The lowest BCUT2D eigenvalue weighted by atomic mass is 9.86. The Morgan fingerprint density at radius 1 is 1.03 bits per heavy atom. The Kier molecular flexibility index (Phi) is 6.16. The Balaban J connectivity index is 0.00000240. The Morgan fingerprint density at radius 2 is 1.79 bits per heavy atom. The van der Waals surface area contributed by atoms with Gasteiger partial charge in [-0.3, -0.25) is 14.5 Å². The Morgan fingerprint density at radius 3 is 2.55 bits per heavy atom. The van der Waals surface area contributed by atoms with Crippen LogP contribution >= 0.6 is 12.4 Å². The van der Waals surface area contributed by atoms with Crippen molar-refractivity contribution in [2.75, 3.05) is 18.4 Å². The minimum atomic E-state index is -0.471. The van der Waals surface area contributed by atoms with Crippen molar-refractivity contribution in [1.29, 1.82) is 0 Å². The third kappa shape index (κ3) is 4.39. The minimum Gasteiger partial charge on any atom is -0.322 e. The van der Waals surface area contributed by atoms with Crippen molar-refractivity contribution < 1.29 is 9.59 Å². The van der Waals surface area contributed by atoms with Gasteiger partial charge in [-0.05, 0) is 61.2 Å². The zero-order valence-corrected chi connectivity index (χ0v) is 18.1. The molecule has 4 nitrogen and oxygen atoms in total. The van der Waals surface area contributed by atoms with Gasteiger partial charge in [0.2, 0.25) is 0 Å². The van der Waals surface area contributed by atoms with E-state index in [1.165, 1.54) is 30.5 Å². The lowest BCUT2D eigenvalue weighted by molar-refractivity contribution is 0.0858. The smallest absolute Gasteiger partial charge is 0.255 e. The highest BCUT2D eigenvalue weighted by molar-refractivity contribution is 6.07. The highest BCUT2D eigenvalue weighted by atomic mass is 35.5. The summed E-state index contributed by atoms with van der Waals surface area (Å²) in [6, 6.07) is 13.8. The molecule has 154 valence electrons. The second-order valence-corrected chi connectivity index (χ2v) is 8.97. The number of hydrogen-bond donors (Lipinski definition) is 1. The molecule has 1 saturated heterocycles. The number of nitrogens with one attached hydrogen (secondary N) is 1. The van der Waals surface area contributed by atoms with Crippen molar-refractivity contribution in [2.45, 2.75) is 46.1 Å². The SMILES string of the molecule is CC(C)(C)C(=O)c1cccc(C(=O)Nc2ccc3c(c2)C2CCCN2CC3)c1.Cl. The topological polar surface area (TPSA) is 49.4 Å². The molecular weight excluding hydrogens is 384 g/mol. The van der Waals surface area contributed by atoms with E-state index >= 15 is 0 Å². The molecule has 5 heteroatoms. The van der Waals surface area contributed by atoms with E-state index in [1.807, 2.05) is 26.8 Å². The summed E-state index contributed by atoms with van der Waals surface area (Å²) in [6.07, 6.45) is 3.52. The van der Waals surface area contributed by atoms with Crippen LogP contribution in [0.5, 0.6) is 0 Å². The lowest BCUT2D eigenvalue weighted by Crippen LogP contribution is -2.31. The van der Waals surface area contributed by atoms with E-state index in [9.17, 15) is 9.59 Å². The van der Waals surface area contributed by atoms with Gasteiger partial charge in [-0.25, -0.2) is 0 Å². The van der Waals surface area contributed by atoms with Crippen LogP contribution in [0.1, 0.15) is 71.5 Å². The second kappa shape index (κ2) is 8.29. The number of carbonyl (C=O) groups excluding carboxylic acids is 2. The molecule has 2 heterocycles. The first-order valence-corrected chi connectivity index (χ1v) is 10.2. The molecule has 0 aliphatic carbocycles. The number of fused-ring (bicyclic) bond motifs is 3. The molecule has 1 fully saturated rings. The lowest BCUT2D eigenvalue weighted by Gasteiger charge is -2.32. The number of amides is 1. The molecule has 1 unspecified atom stereocenters. The summed E-state index contributed by atoms with van der Waals surface area (Å²) < 4.78 is 0. The van der Waals surface area contributed by atoms with E-state index < -0.39 is 5.41 Å². The van der Waals surface area contributed by atoms with Gasteiger partial charge in [-0.2, -0.15) is 0 Å². The quantitative estimate of drug-likeness (QED) is 0.697. The highest BCUT2D eigenvalue weighted by Crippen LogP contribution is 2.38. The normalized spacial score (nSPS) is 18.4. The summed E-state index contributed by atoms with van der Waals surface area (Å²) in [7, 11) is 0. The third-order valence-electron chi connectivity index (χ3n) is 5.86. The van der Waals surface area contributed by atoms with Gasteiger partial charge in [0.15, 0.2) is 5.78 Å². The molecule has 2 aliphatic rings. The summed E-state index contributed by atoms with van der Waals surface area (Å²) in [5, 5.41) is 3.02. The molecule has 2 aromatic rings. The van der Waals surface area contributed by atoms with Gasteiger partial charge in [-0.15, -0.1) is 12.4 Å². The molecule has 1 atom stereocenters. The largest absolute Gasteiger partial charge is 0.322 e. The fourth-order valence-corrected chi connectivity index (χ4v) is 4.36. The zero-order chi connectivity index (χ0) is 19.9. The number of rotatable bonds is 3. The summed E-state index contributed by atoms with van der Waals surface area (Å²) in [6.45, 7) is 7.98. The average Bonchev–Trinajstić information content (AvgIpc) is 3.16. The zero-order valence-electron chi connectivity index (χ0n) is 17.3. The number of hydrogen-bond acceptors (Lipinski definition) is 3. The van der Waals surface area contributed by atoms with Crippen LogP contribution in [0.2, 0.25) is 0 Å². The molecule has 0 aromatic heterocycles.